The minimum Gasteiger partial charge on any atom is -0.378 e. The first-order chi connectivity index (χ1) is 9.36. The molecule has 3 nitrogen and oxygen atoms in total. The molecule has 1 unspecified atom stereocenters. The molecule has 0 spiro atoms. The van der Waals surface area contributed by atoms with Crippen molar-refractivity contribution in [1.29, 1.82) is 0 Å². The van der Waals surface area contributed by atoms with Crippen LogP contribution in [0, 0.1) is 0 Å². The molecule has 106 valence electrons. The fourth-order valence-corrected chi connectivity index (χ4v) is 2.83. The molecule has 0 radical (unpaired) electrons. The normalized spacial score (nSPS) is 12.9. The lowest BCUT2D eigenvalue weighted by atomic mass is 10.1. The third kappa shape index (κ3) is 3.84. The zero-order chi connectivity index (χ0) is 14.8. The van der Waals surface area contributed by atoms with Gasteiger partial charge in [0.2, 0.25) is 0 Å². The average molecular weight is 354 g/mol. The lowest BCUT2D eigenvalue weighted by Gasteiger charge is -2.16. The van der Waals surface area contributed by atoms with Crippen molar-refractivity contribution in [2.75, 3.05) is 11.6 Å². The van der Waals surface area contributed by atoms with E-state index in [4.69, 9.17) is 0 Å². The largest absolute Gasteiger partial charge is 0.378 e. The van der Waals surface area contributed by atoms with E-state index in [1.807, 2.05) is 37.3 Å². The molecule has 2 aromatic rings. The summed E-state index contributed by atoms with van der Waals surface area (Å²) in [5.74, 6) is 0. The van der Waals surface area contributed by atoms with Crippen molar-refractivity contribution < 1.29 is 8.42 Å². The summed E-state index contributed by atoms with van der Waals surface area (Å²) in [6, 6.07) is 15.0. The van der Waals surface area contributed by atoms with Gasteiger partial charge in [0, 0.05) is 22.5 Å². The number of rotatable bonds is 4. The second-order valence-corrected chi connectivity index (χ2v) is 7.65. The summed E-state index contributed by atoms with van der Waals surface area (Å²) in [7, 11) is -3.18. The van der Waals surface area contributed by atoms with Crippen molar-refractivity contribution in [3.63, 3.8) is 0 Å². The second-order valence-electron chi connectivity index (χ2n) is 4.72. The Bertz CT molecular complexity index is 696. The van der Waals surface area contributed by atoms with Gasteiger partial charge in [0.25, 0.3) is 0 Å². The first-order valence-corrected chi connectivity index (χ1v) is 8.87. The SMILES string of the molecule is CC(Nc1cccc(S(C)(=O)=O)c1)c1ccc(Br)cc1. The molecule has 5 heteroatoms. The Morgan fingerprint density at radius 3 is 2.35 bits per heavy atom. The van der Waals surface area contributed by atoms with Gasteiger partial charge in [0.15, 0.2) is 9.84 Å². The van der Waals surface area contributed by atoms with Crippen molar-refractivity contribution >= 4 is 31.5 Å². The molecule has 0 bridgehead atoms. The Hall–Kier alpha value is -1.33. The van der Waals surface area contributed by atoms with Crippen molar-refractivity contribution in [3.8, 4) is 0 Å². The van der Waals surface area contributed by atoms with Crippen LogP contribution in [0.4, 0.5) is 5.69 Å². The standard InChI is InChI=1S/C15H16BrNO2S/c1-11(12-6-8-13(16)9-7-12)17-14-4-3-5-15(10-14)20(2,18)19/h3-11,17H,1-2H3. The predicted molar refractivity (Wildman–Crippen MR) is 85.7 cm³/mol. The minimum atomic E-state index is -3.18. The van der Waals surface area contributed by atoms with Crippen LogP contribution in [0.25, 0.3) is 0 Å². The summed E-state index contributed by atoms with van der Waals surface area (Å²) < 4.78 is 24.1. The first-order valence-electron chi connectivity index (χ1n) is 6.18. The third-order valence-electron chi connectivity index (χ3n) is 3.02. The maximum atomic E-state index is 11.5. The highest BCUT2D eigenvalue weighted by Crippen LogP contribution is 2.22. The quantitative estimate of drug-likeness (QED) is 0.902. The van der Waals surface area contributed by atoms with Gasteiger partial charge in [-0.25, -0.2) is 8.42 Å². The van der Waals surface area contributed by atoms with Crippen molar-refractivity contribution in [1.82, 2.24) is 0 Å². The van der Waals surface area contributed by atoms with Crippen LogP contribution in [0.15, 0.2) is 57.9 Å². The molecule has 0 aliphatic rings. The van der Waals surface area contributed by atoms with Crippen LogP contribution in [-0.2, 0) is 9.84 Å². The Labute approximate surface area is 128 Å². The second kappa shape index (κ2) is 5.97. The van der Waals surface area contributed by atoms with Gasteiger partial charge in [0.05, 0.1) is 4.90 Å². The van der Waals surface area contributed by atoms with E-state index in [0.717, 1.165) is 15.7 Å². The van der Waals surface area contributed by atoms with E-state index in [9.17, 15) is 8.42 Å². The molecular formula is C15H16BrNO2S. The van der Waals surface area contributed by atoms with Crippen LogP contribution >= 0.6 is 15.9 Å². The summed E-state index contributed by atoms with van der Waals surface area (Å²) in [4.78, 5) is 0.325. The summed E-state index contributed by atoms with van der Waals surface area (Å²) in [5, 5.41) is 3.31. The maximum absolute atomic E-state index is 11.5. The highest BCUT2D eigenvalue weighted by atomic mass is 79.9. The van der Waals surface area contributed by atoms with Gasteiger partial charge in [-0.15, -0.1) is 0 Å². The molecule has 2 rings (SSSR count). The molecule has 0 aromatic heterocycles. The van der Waals surface area contributed by atoms with Crippen LogP contribution in [0.2, 0.25) is 0 Å². The fraction of sp³-hybridized carbons (Fsp3) is 0.200. The number of anilines is 1. The van der Waals surface area contributed by atoms with Gasteiger partial charge in [-0.1, -0.05) is 34.1 Å². The van der Waals surface area contributed by atoms with Gasteiger partial charge in [-0.3, -0.25) is 0 Å². The molecule has 1 atom stereocenters. The van der Waals surface area contributed by atoms with Gasteiger partial charge >= 0.3 is 0 Å². The zero-order valence-electron chi connectivity index (χ0n) is 11.3. The Balaban J connectivity index is 2.20. The smallest absolute Gasteiger partial charge is 0.175 e. The number of hydrogen-bond acceptors (Lipinski definition) is 3. The van der Waals surface area contributed by atoms with E-state index in [-0.39, 0.29) is 6.04 Å². The van der Waals surface area contributed by atoms with E-state index in [1.165, 1.54) is 6.26 Å². The molecule has 0 saturated heterocycles. The third-order valence-corrected chi connectivity index (χ3v) is 4.65. The van der Waals surface area contributed by atoms with Crippen molar-refractivity contribution in [3.05, 3.63) is 58.6 Å². The van der Waals surface area contributed by atoms with E-state index in [2.05, 4.69) is 21.2 Å². The van der Waals surface area contributed by atoms with Crippen LogP contribution < -0.4 is 5.32 Å². The van der Waals surface area contributed by atoms with E-state index in [0.29, 0.717) is 4.90 Å². The van der Waals surface area contributed by atoms with Gasteiger partial charge in [-0.05, 0) is 42.8 Å². The van der Waals surface area contributed by atoms with Crippen molar-refractivity contribution in [2.45, 2.75) is 17.9 Å². The monoisotopic (exact) mass is 353 g/mol. The number of benzene rings is 2. The molecule has 0 aliphatic carbocycles. The predicted octanol–water partition coefficient (Wildman–Crippen LogP) is 4.03. The molecular weight excluding hydrogens is 338 g/mol. The van der Waals surface area contributed by atoms with Crippen LogP contribution in [0.5, 0.6) is 0 Å². The highest BCUT2D eigenvalue weighted by molar-refractivity contribution is 9.10. The molecule has 0 heterocycles. The number of sulfone groups is 1. The van der Waals surface area contributed by atoms with E-state index >= 15 is 0 Å². The number of halogens is 1. The zero-order valence-corrected chi connectivity index (χ0v) is 13.7. The summed E-state index contributed by atoms with van der Waals surface area (Å²) >= 11 is 3.41. The Morgan fingerprint density at radius 1 is 1.10 bits per heavy atom. The van der Waals surface area contributed by atoms with Crippen LogP contribution in [-0.4, -0.2) is 14.7 Å². The molecule has 2 aromatic carbocycles. The molecule has 0 fully saturated rings. The molecule has 0 saturated carbocycles. The van der Waals surface area contributed by atoms with E-state index in [1.54, 1.807) is 18.2 Å². The van der Waals surface area contributed by atoms with Crippen LogP contribution in [0.1, 0.15) is 18.5 Å². The highest BCUT2D eigenvalue weighted by Gasteiger charge is 2.09. The maximum Gasteiger partial charge on any atom is 0.175 e. The summed E-state index contributed by atoms with van der Waals surface area (Å²) in [5.41, 5.74) is 1.93. The molecule has 1 N–H and O–H groups in total. The Morgan fingerprint density at radius 2 is 1.75 bits per heavy atom. The average Bonchev–Trinajstić information content (AvgIpc) is 2.38. The molecule has 0 amide bonds. The first kappa shape index (κ1) is 15.1. The van der Waals surface area contributed by atoms with E-state index < -0.39 is 9.84 Å². The van der Waals surface area contributed by atoms with Gasteiger partial charge < -0.3 is 5.32 Å². The minimum absolute atomic E-state index is 0.0953. The lowest BCUT2D eigenvalue weighted by Crippen LogP contribution is -2.07. The number of nitrogens with one attached hydrogen (secondary N) is 1. The Kier molecular flexibility index (Phi) is 4.50. The number of hydrogen-bond donors (Lipinski definition) is 1. The summed E-state index contributed by atoms with van der Waals surface area (Å²) in [6.45, 7) is 2.04. The molecule has 0 aliphatic heterocycles. The molecule has 20 heavy (non-hydrogen) atoms. The summed E-state index contributed by atoms with van der Waals surface area (Å²) in [6.07, 6.45) is 1.21. The van der Waals surface area contributed by atoms with Crippen LogP contribution in [0.3, 0.4) is 0 Å². The lowest BCUT2D eigenvalue weighted by molar-refractivity contribution is 0.602. The fourth-order valence-electron chi connectivity index (χ4n) is 1.90. The van der Waals surface area contributed by atoms with Gasteiger partial charge in [-0.2, -0.15) is 0 Å². The van der Waals surface area contributed by atoms with Gasteiger partial charge in [0.1, 0.15) is 0 Å². The van der Waals surface area contributed by atoms with Crippen molar-refractivity contribution in [2.24, 2.45) is 0 Å². The topological polar surface area (TPSA) is 46.2 Å².